The van der Waals surface area contributed by atoms with Crippen molar-refractivity contribution in [1.82, 2.24) is 5.32 Å². The maximum Gasteiger partial charge on any atom is 0.407 e. The molecule has 0 aliphatic rings. The Bertz CT molecular complexity index is 463. The minimum absolute atomic E-state index is 0.156. The van der Waals surface area contributed by atoms with Crippen molar-refractivity contribution in [3.63, 3.8) is 0 Å². The molecule has 0 aromatic carbocycles. The smallest absolute Gasteiger partial charge is 0.407 e. The summed E-state index contributed by atoms with van der Waals surface area (Å²) >= 11 is 0. The number of alkyl carbamates (subject to hydrolysis) is 1. The molecular formula is C19H34N2O5. The van der Waals surface area contributed by atoms with E-state index in [9.17, 15) is 9.59 Å². The molecule has 0 radical (unpaired) electrons. The molecule has 26 heavy (non-hydrogen) atoms. The van der Waals surface area contributed by atoms with Gasteiger partial charge in [0, 0.05) is 19.4 Å². The second kappa shape index (κ2) is 14.4. The Morgan fingerprint density at radius 1 is 1.15 bits per heavy atom. The Hall–Kier alpha value is -1.78. The van der Waals surface area contributed by atoms with Gasteiger partial charge in [-0.25, -0.2) is 4.79 Å². The highest BCUT2D eigenvalue weighted by atomic mass is 16.6. The topological polar surface area (TPSA) is 111 Å². The predicted octanol–water partition coefficient (Wildman–Crippen LogP) is 2.11. The van der Waals surface area contributed by atoms with Crippen molar-refractivity contribution in [2.75, 3.05) is 19.8 Å². The molecule has 0 rings (SSSR count). The van der Waals surface area contributed by atoms with Crippen LogP contribution in [0.1, 0.15) is 65.7 Å². The Balaban J connectivity index is 4.11. The molecule has 0 saturated heterocycles. The molecule has 0 aliphatic carbocycles. The first-order valence-electron chi connectivity index (χ1n) is 9.16. The fourth-order valence-electron chi connectivity index (χ4n) is 2.06. The number of primary amides is 1. The summed E-state index contributed by atoms with van der Waals surface area (Å²) in [5.74, 6) is 5.54. The van der Waals surface area contributed by atoms with Crippen molar-refractivity contribution in [2.24, 2.45) is 5.73 Å². The minimum atomic E-state index is -0.595. The van der Waals surface area contributed by atoms with Crippen LogP contribution in [0, 0.1) is 11.8 Å². The number of rotatable bonds is 12. The van der Waals surface area contributed by atoms with Gasteiger partial charge in [0.15, 0.2) is 0 Å². The van der Waals surface area contributed by atoms with Crippen LogP contribution >= 0.6 is 0 Å². The van der Waals surface area contributed by atoms with Crippen LogP contribution < -0.4 is 11.1 Å². The molecule has 150 valence electrons. The van der Waals surface area contributed by atoms with Gasteiger partial charge in [-0.3, -0.25) is 4.79 Å². The van der Waals surface area contributed by atoms with Crippen LogP contribution in [0.5, 0.6) is 0 Å². The number of carbonyl (C=O) groups is 2. The van der Waals surface area contributed by atoms with E-state index in [1.54, 1.807) is 20.8 Å². The third-order valence-corrected chi connectivity index (χ3v) is 3.29. The summed E-state index contributed by atoms with van der Waals surface area (Å²) in [5, 5.41) is 11.4. The average Bonchev–Trinajstić information content (AvgIpc) is 2.52. The first-order chi connectivity index (χ1) is 12.2. The van der Waals surface area contributed by atoms with E-state index in [2.05, 4.69) is 17.2 Å². The predicted molar refractivity (Wildman–Crippen MR) is 100 cm³/mol. The number of amides is 2. The van der Waals surface area contributed by atoms with E-state index in [-0.39, 0.29) is 32.3 Å². The van der Waals surface area contributed by atoms with E-state index in [0.717, 1.165) is 32.1 Å². The van der Waals surface area contributed by atoms with Crippen LogP contribution in [0.15, 0.2) is 0 Å². The second-order valence-electron chi connectivity index (χ2n) is 7.10. The van der Waals surface area contributed by atoms with E-state index in [0.29, 0.717) is 6.42 Å². The normalized spacial score (nSPS) is 12.0. The van der Waals surface area contributed by atoms with E-state index < -0.39 is 17.6 Å². The summed E-state index contributed by atoms with van der Waals surface area (Å²) in [5.41, 5.74) is 4.57. The van der Waals surface area contributed by atoms with Crippen LogP contribution in [0.4, 0.5) is 4.79 Å². The monoisotopic (exact) mass is 370 g/mol. The van der Waals surface area contributed by atoms with Gasteiger partial charge in [0.2, 0.25) is 5.91 Å². The molecule has 0 saturated carbocycles. The zero-order valence-electron chi connectivity index (χ0n) is 16.3. The van der Waals surface area contributed by atoms with Crippen molar-refractivity contribution in [3.8, 4) is 11.8 Å². The Labute approximate surface area is 157 Å². The molecule has 0 aromatic heterocycles. The van der Waals surface area contributed by atoms with Crippen LogP contribution in [0.25, 0.3) is 0 Å². The number of nitrogens with two attached hydrogens (primary N) is 1. The van der Waals surface area contributed by atoms with Crippen LogP contribution in [0.3, 0.4) is 0 Å². The molecule has 7 nitrogen and oxygen atoms in total. The van der Waals surface area contributed by atoms with Gasteiger partial charge < -0.3 is 25.6 Å². The molecule has 1 atom stereocenters. The number of carbonyl (C=O) groups excluding carboxylic acids is 2. The van der Waals surface area contributed by atoms with Crippen molar-refractivity contribution in [1.29, 1.82) is 0 Å². The number of hydrogen-bond donors (Lipinski definition) is 3. The molecule has 0 aliphatic heterocycles. The number of ether oxygens (including phenoxy) is 2. The molecule has 0 aromatic rings. The molecule has 7 heteroatoms. The number of aliphatic hydroxyl groups is 1. The lowest BCUT2D eigenvalue weighted by atomic mass is 10.1. The summed E-state index contributed by atoms with van der Waals surface area (Å²) in [6, 6.07) is -0.363. The lowest BCUT2D eigenvalue weighted by molar-refractivity contribution is -0.118. The summed E-state index contributed by atoms with van der Waals surface area (Å²) in [6.45, 7) is 6.08. The SMILES string of the molecule is CC(C)(C)OC(=O)N[C@@H](CCC(N)=O)COCC#CCCCCCCO. The summed E-state index contributed by atoms with van der Waals surface area (Å²) in [7, 11) is 0. The molecule has 0 heterocycles. The van der Waals surface area contributed by atoms with Crippen LogP contribution in [-0.2, 0) is 14.3 Å². The molecule has 0 spiro atoms. The zero-order chi connectivity index (χ0) is 19.8. The lowest BCUT2D eigenvalue weighted by Crippen LogP contribution is -2.42. The highest BCUT2D eigenvalue weighted by Gasteiger charge is 2.20. The van der Waals surface area contributed by atoms with Gasteiger partial charge in [-0.05, 0) is 40.0 Å². The minimum Gasteiger partial charge on any atom is -0.444 e. The van der Waals surface area contributed by atoms with Crippen molar-refractivity contribution in [2.45, 2.75) is 77.4 Å². The van der Waals surface area contributed by atoms with Crippen molar-refractivity contribution < 1.29 is 24.2 Å². The Morgan fingerprint density at radius 2 is 1.85 bits per heavy atom. The van der Waals surface area contributed by atoms with Gasteiger partial charge in [-0.15, -0.1) is 5.92 Å². The quantitative estimate of drug-likeness (QED) is 0.360. The Kier molecular flexibility index (Phi) is 13.4. The number of nitrogens with one attached hydrogen (secondary N) is 1. The van der Waals surface area contributed by atoms with E-state index in [4.69, 9.17) is 20.3 Å². The highest BCUT2D eigenvalue weighted by molar-refractivity contribution is 5.74. The van der Waals surface area contributed by atoms with E-state index >= 15 is 0 Å². The van der Waals surface area contributed by atoms with Crippen molar-refractivity contribution in [3.05, 3.63) is 0 Å². The van der Waals surface area contributed by atoms with Gasteiger partial charge in [-0.2, -0.15) is 0 Å². The van der Waals surface area contributed by atoms with E-state index in [1.165, 1.54) is 0 Å². The van der Waals surface area contributed by atoms with Gasteiger partial charge in [0.25, 0.3) is 0 Å². The number of unbranched alkanes of at least 4 members (excludes halogenated alkanes) is 4. The third-order valence-electron chi connectivity index (χ3n) is 3.29. The van der Waals surface area contributed by atoms with Crippen LogP contribution in [-0.4, -0.2) is 48.6 Å². The van der Waals surface area contributed by atoms with Gasteiger partial charge in [-0.1, -0.05) is 18.8 Å². The second-order valence-corrected chi connectivity index (χ2v) is 7.10. The van der Waals surface area contributed by atoms with Crippen molar-refractivity contribution >= 4 is 12.0 Å². The highest BCUT2D eigenvalue weighted by Crippen LogP contribution is 2.08. The lowest BCUT2D eigenvalue weighted by Gasteiger charge is -2.23. The fourth-order valence-corrected chi connectivity index (χ4v) is 2.06. The van der Waals surface area contributed by atoms with E-state index in [1.807, 2.05) is 0 Å². The number of aliphatic hydroxyl groups excluding tert-OH is 1. The van der Waals surface area contributed by atoms with Gasteiger partial charge in [0.1, 0.15) is 12.2 Å². The summed E-state index contributed by atoms with van der Waals surface area (Å²) in [4.78, 5) is 22.8. The molecule has 0 fully saturated rings. The Morgan fingerprint density at radius 3 is 2.46 bits per heavy atom. The standard InChI is InChI=1S/C19H34N2O5/c1-19(2,3)26-18(24)21-16(11-12-17(20)23)15-25-14-10-8-6-4-5-7-9-13-22/h16,22H,4-7,9,11-15H2,1-3H3,(H2,20,23)(H,21,24)/t16-/m0/s1. The largest absolute Gasteiger partial charge is 0.444 e. The van der Waals surface area contributed by atoms with Gasteiger partial charge in [0.05, 0.1) is 12.6 Å². The average molecular weight is 370 g/mol. The maximum absolute atomic E-state index is 11.8. The third kappa shape index (κ3) is 17.1. The molecule has 4 N–H and O–H groups in total. The molecule has 2 amide bonds. The molecular weight excluding hydrogens is 336 g/mol. The first-order valence-corrected chi connectivity index (χ1v) is 9.16. The van der Waals surface area contributed by atoms with Gasteiger partial charge >= 0.3 is 6.09 Å². The summed E-state index contributed by atoms with van der Waals surface area (Å²) < 4.78 is 10.7. The summed E-state index contributed by atoms with van der Waals surface area (Å²) in [6.07, 6.45) is 4.72. The fraction of sp³-hybridized carbons (Fsp3) is 0.789. The first kappa shape index (κ1) is 24.2. The zero-order valence-corrected chi connectivity index (χ0v) is 16.3. The number of hydrogen-bond acceptors (Lipinski definition) is 5. The maximum atomic E-state index is 11.8. The van der Waals surface area contributed by atoms with Crippen LogP contribution in [0.2, 0.25) is 0 Å². The molecule has 0 bridgehead atoms. The molecule has 0 unspecified atom stereocenters.